The van der Waals surface area contributed by atoms with Gasteiger partial charge in [0, 0.05) is 20.1 Å². The van der Waals surface area contributed by atoms with Crippen molar-refractivity contribution >= 4 is 16.1 Å². The molecule has 2 aromatic heterocycles. The summed E-state index contributed by atoms with van der Waals surface area (Å²) in [6.45, 7) is 0.956. The molecule has 1 N–H and O–H groups in total. The summed E-state index contributed by atoms with van der Waals surface area (Å²) < 4.78 is 34.4. The highest BCUT2D eigenvalue weighted by molar-refractivity contribution is 7.88. The molecule has 132 valence electrons. The summed E-state index contributed by atoms with van der Waals surface area (Å²) >= 11 is 0. The molecule has 2 heterocycles. The van der Waals surface area contributed by atoms with Crippen molar-refractivity contribution in [1.82, 2.24) is 14.5 Å². The van der Waals surface area contributed by atoms with Crippen molar-refractivity contribution in [2.75, 3.05) is 26.4 Å². The second kappa shape index (κ2) is 8.02. The zero-order chi connectivity index (χ0) is 17.6. The van der Waals surface area contributed by atoms with E-state index in [4.69, 9.17) is 8.83 Å². The maximum Gasteiger partial charge on any atom is 0.318 e. The average molecular weight is 355 g/mol. The maximum atomic E-state index is 12.4. The van der Waals surface area contributed by atoms with E-state index in [1.165, 1.54) is 16.3 Å². The van der Waals surface area contributed by atoms with Crippen LogP contribution in [0.2, 0.25) is 0 Å². The lowest BCUT2D eigenvalue weighted by Gasteiger charge is -2.22. The van der Waals surface area contributed by atoms with Crippen molar-refractivity contribution < 1.29 is 22.0 Å². The molecule has 0 saturated heterocycles. The predicted molar refractivity (Wildman–Crippen MR) is 87.5 cm³/mol. The van der Waals surface area contributed by atoms with Crippen LogP contribution in [0, 0.1) is 0 Å². The Hall–Kier alpha value is -2.26. The second-order valence-corrected chi connectivity index (χ2v) is 7.42. The van der Waals surface area contributed by atoms with Gasteiger partial charge in [0.1, 0.15) is 11.5 Å². The van der Waals surface area contributed by atoms with Crippen LogP contribution < -0.4 is 5.32 Å². The standard InChI is InChI=1S/C15H21N3O5S/c1-17(24(2,20)21)8-7-16-15(19)18(11-13-5-3-9-22-13)12-14-6-4-10-23-14/h3-6,9-10H,7-8,11-12H2,1-2H3,(H,16,19). The van der Waals surface area contributed by atoms with E-state index in [0.717, 1.165) is 6.26 Å². The highest BCUT2D eigenvalue weighted by Gasteiger charge is 2.18. The molecule has 0 bridgehead atoms. The molecular formula is C15H21N3O5S. The second-order valence-electron chi connectivity index (χ2n) is 5.33. The van der Waals surface area contributed by atoms with Gasteiger partial charge in [-0.15, -0.1) is 0 Å². The van der Waals surface area contributed by atoms with Crippen LogP contribution in [0.4, 0.5) is 4.79 Å². The number of hydrogen-bond acceptors (Lipinski definition) is 5. The van der Waals surface area contributed by atoms with Crippen LogP contribution in [0.5, 0.6) is 0 Å². The molecule has 9 heteroatoms. The van der Waals surface area contributed by atoms with E-state index in [1.54, 1.807) is 36.8 Å². The SMILES string of the molecule is CN(CCNC(=O)N(Cc1ccco1)Cc1ccco1)S(C)(=O)=O. The molecule has 0 aliphatic rings. The third-order valence-electron chi connectivity index (χ3n) is 3.41. The highest BCUT2D eigenvalue weighted by Crippen LogP contribution is 2.11. The third kappa shape index (κ3) is 5.43. The first-order valence-electron chi connectivity index (χ1n) is 7.35. The first-order chi connectivity index (χ1) is 11.4. The number of amides is 2. The lowest BCUT2D eigenvalue weighted by molar-refractivity contribution is 0.181. The van der Waals surface area contributed by atoms with Crippen LogP contribution in [-0.2, 0) is 23.1 Å². The topological polar surface area (TPSA) is 96.0 Å². The number of nitrogens with one attached hydrogen (secondary N) is 1. The molecule has 2 rings (SSSR count). The Balaban J connectivity index is 1.93. The fraction of sp³-hybridized carbons (Fsp3) is 0.400. The molecule has 0 aliphatic carbocycles. The van der Waals surface area contributed by atoms with Crippen molar-refractivity contribution in [3.8, 4) is 0 Å². The number of nitrogens with zero attached hydrogens (tertiary/aromatic N) is 2. The lowest BCUT2D eigenvalue weighted by atomic mass is 10.3. The molecule has 0 aromatic carbocycles. The van der Waals surface area contributed by atoms with Gasteiger partial charge < -0.3 is 19.1 Å². The Bertz CT molecular complexity index is 689. The first-order valence-corrected chi connectivity index (χ1v) is 9.20. The summed E-state index contributed by atoms with van der Waals surface area (Å²) in [7, 11) is -1.80. The molecule has 0 unspecified atom stereocenters. The van der Waals surface area contributed by atoms with Gasteiger partial charge in [0.15, 0.2) is 0 Å². The Morgan fingerprint density at radius 3 is 2.08 bits per heavy atom. The van der Waals surface area contributed by atoms with E-state index in [2.05, 4.69) is 5.32 Å². The largest absolute Gasteiger partial charge is 0.467 e. The van der Waals surface area contributed by atoms with Crippen LogP contribution in [0.3, 0.4) is 0 Å². The molecule has 2 aromatic rings. The van der Waals surface area contributed by atoms with Gasteiger partial charge >= 0.3 is 6.03 Å². The molecule has 0 saturated carbocycles. The minimum Gasteiger partial charge on any atom is -0.467 e. The van der Waals surface area contributed by atoms with E-state index < -0.39 is 10.0 Å². The number of furan rings is 2. The zero-order valence-corrected chi connectivity index (χ0v) is 14.5. The third-order valence-corrected chi connectivity index (χ3v) is 4.72. The van der Waals surface area contributed by atoms with Crippen molar-refractivity contribution in [1.29, 1.82) is 0 Å². The molecule has 0 aliphatic heterocycles. The molecule has 0 atom stereocenters. The first kappa shape index (κ1) is 18.1. The molecule has 0 fully saturated rings. The predicted octanol–water partition coefficient (Wildman–Crippen LogP) is 1.48. The zero-order valence-electron chi connectivity index (χ0n) is 13.6. The van der Waals surface area contributed by atoms with Gasteiger partial charge in [-0.2, -0.15) is 0 Å². The van der Waals surface area contributed by atoms with Gasteiger partial charge in [-0.3, -0.25) is 0 Å². The minimum absolute atomic E-state index is 0.194. The number of likely N-dealkylation sites (N-methyl/N-ethyl adjacent to an activating group) is 1. The van der Waals surface area contributed by atoms with Crippen LogP contribution in [0.25, 0.3) is 0 Å². The number of sulfonamides is 1. The van der Waals surface area contributed by atoms with Crippen LogP contribution in [0.1, 0.15) is 11.5 Å². The molecule has 8 nitrogen and oxygen atoms in total. The van der Waals surface area contributed by atoms with E-state index in [-0.39, 0.29) is 32.2 Å². The van der Waals surface area contributed by atoms with Crippen molar-refractivity contribution in [2.24, 2.45) is 0 Å². The summed E-state index contributed by atoms with van der Waals surface area (Å²) in [6, 6.07) is 6.73. The summed E-state index contributed by atoms with van der Waals surface area (Å²) in [5.41, 5.74) is 0. The van der Waals surface area contributed by atoms with Crippen molar-refractivity contribution in [3.05, 3.63) is 48.3 Å². The van der Waals surface area contributed by atoms with Gasteiger partial charge in [0.25, 0.3) is 0 Å². The average Bonchev–Trinajstić information content (AvgIpc) is 3.18. The number of hydrogen-bond donors (Lipinski definition) is 1. The Morgan fingerprint density at radius 1 is 1.12 bits per heavy atom. The quantitative estimate of drug-likeness (QED) is 0.774. The number of rotatable bonds is 8. The molecule has 24 heavy (non-hydrogen) atoms. The Labute approximate surface area is 141 Å². The fourth-order valence-corrected chi connectivity index (χ4v) is 2.40. The summed E-state index contributed by atoms with van der Waals surface area (Å²) in [4.78, 5) is 13.9. The Morgan fingerprint density at radius 2 is 1.67 bits per heavy atom. The smallest absolute Gasteiger partial charge is 0.318 e. The monoisotopic (exact) mass is 355 g/mol. The minimum atomic E-state index is -3.26. The summed E-state index contributed by atoms with van der Waals surface area (Å²) in [5, 5.41) is 2.71. The summed E-state index contributed by atoms with van der Waals surface area (Å²) in [6.07, 6.45) is 4.20. The van der Waals surface area contributed by atoms with Gasteiger partial charge in [-0.25, -0.2) is 17.5 Å². The highest BCUT2D eigenvalue weighted by atomic mass is 32.2. The van der Waals surface area contributed by atoms with Crippen molar-refractivity contribution in [2.45, 2.75) is 13.1 Å². The summed E-state index contributed by atoms with van der Waals surface area (Å²) in [5.74, 6) is 1.29. The lowest BCUT2D eigenvalue weighted by Crippen LogP contribution is -2.42. The van der Waals surface area contributed by atoms with Gasteiger partial charge in [0.05, 0.1) is 31.9 Å². The van der Waals surface area contributed by atoms with Crippen LogP contribution >= 0.6 is 0 Å². The van der Waals surface area contributed by atoms with Gasteiger partial charge in [0.2, 0.25) is 10.0 Å². The van der Waals surface area contributed by atoms with E-state index in [9.17, 15) is 13.2 Å². The van der Waals surface area contributed by atoms with E-state index >= 15 is 0 Å². The molecule has 2 amide bonds. The van der Waals surface area contributed by atoms with Crippen LogP contribution in [-0.4, -0.2) is 50.0 Å². The maximum absolute atomic E-state index is 12.4. The molecular weight excluding hydrogens is 334 g/mol. The van der Waals surface area contributed by atoms with Gasteiger partial charge in [-0.1, -0.05) is 0 Å². The molecule has 0 radical (unpaired) electrons. The van der Waals surface area contributed by atoms with E-state index in [0.29, 0.717) is 11.5 Å². The van der Waals surface area contributed by atoms with E-state index in [1.807, 2.05) is 0 Å². The fourth-order valence-electron chi connectivity index (χ4n) is 1.98. The normalized spacial score (nSPS) is 11.6. The number of carbonyl (C=O) groups excluding carboxylic acids is 1. The number of urea groups is 1. The van der Waals surface area contributed by atoms with Crippen LogP contribution in [0.15, 0.2) is 45.6 Å². The van der Waals surface area contributed by atoms with Crippen molar-refractivity contribution in [3.63, 3.8) is 0 Å². The molecule has 0 spiro atoms. The Kier molecular flexibility index (Phi) is 6.04. The van der Waals surface area contributed by atoms with Gasteiger partial charge in [-0.05, 0) is 24.3 Å². The number of carbonyl (C=O) groups is 1.